The summed E-state index contributed by atoms with van der Waals surface area (Å²) in [6.07, 6.45) is 6.89. The second-order valence-corrected chi connectivity index (χ2v) is 3.87. The molecular weight excluding hydrogens is 244 g/mol. The van der Waals surface area contributed by atoms with E-state index in [1.165, 1.54) is 6.08 Å². The lowest BCUT2D eigenvalue weighted by Crippen LogP contribution is -1.89. The van der Waals surface area contributed by atoms with Crippen molar-refractivity contribution in [3.8, 4) is 0 Å². The third kappa shape index (κ3) is 3.16. The van der Waals surface area contributed by atoms with Crippen LogP contribution in [0, 0.1) is 17.0 Å². The van der Waals surface area contributed by atoms with Gasteiger partial charge in [0.1, 0.15) is 0 Å². The SMILES string of the molecule is Cc1noc(/C=C\C=C/c2ccccc2)c1[N+](=O)[O-]. The third-order valence-corrected chi connectivity index (χ3v) is 2.49. The summed E-state index contributed by atoms with van der Waals surface area (Å²) in [6, 6.07) is 9.74. The van der Waals surface area contributed by atoms with E-state index in [0.29, 0.717) is 0 Å². The largest absolute Gasteiger partial charge is 0.349 e. The van der Waals surface area contributed by atoms with Gasteiger partial charge in [0.2, 0.25) is 5.76 Å². The Kier molecular flexibility index (Phi) is 3.87. The van der Waals surface area contributed by atoms with E-state index in [1.807, 2.05) is 36.4 Å². The van der Waals surface area contributed by atoms with Crippen LogP contribution in [-0.4, -0.2) is 10.1 Å². The van der Waals surface area contributed by atoms with E-state index in [0.717, 1.165) is 5.56 Å². The summed E-state index contributed by atoms with van der Waals surface area (Å²) in [4.78, 5) is 10.3. The van der Waals surface area contributed by atoms with Crippen LogP contribution in [0.15, 0.2) is 47.0 Å². The minimum absolute atomic E-state index is 0.0932. The molecule has 1 aromatic carbocycles. The molecule has 1 heterocycles. The molecule has 0 radical (unpaired) electrons. The maximum Gasteiger partial charge on any atom is 0.338 e. The molecule has 5 heteroatoms. The summed E-state index contributed by atoms with van der Waals surface area (Å²) < 4.78 is 4.90. The number of benzene rings is 1. The van der Waals surface area contributed by atoms with Crippen LogP contribution >= 0.6 is 0 Å². The number of aromatic nitrogens is 1. The van der Waals surface area contributed by atoms with Crippen molar-refractivity contribution in [3.63, 3.8) is 0 Å². The lowest BCUT2D eigenvalue weighted by atomic mass is 10.2. The van der Waals surface area contributed by atoms with E-state index in [4.69, 9.17) is 4.52 Å². The molecule has 1 aromatic heterocycles. The zero-order valence-corrected chi connectivity index (χ0v) is 10.3. The highest BCUT2D eigenvalue weighted by atomic mass is 16.6. The highest BCUT2D eigenvalue weighted by Crippen LogP contribution is 2.23. The summed E-state index contributed by atoms with van der Waals surface area (Å²) in [5.74, 6) is 0.153. The number of aryl methyl sites for hydroxylation is 1. The van der Waals surface area contributed by atoms with Crippen molar-refractivity contribution in [2.45, 2.75) is 6.92 Å². The predicted molar refractivity (Wildman–Crippen MR) is 72.4 cm³/mol. The Morgan fingerprint density at radius 3 is 2.58 bits per heavy atom. The standard InChI is InChI=1S/C14H12N2O3/c1-11-14(16(17)18)13(19-15-11)10-6-5-9-12-7-3-2-4-8-12/h2-10H,1H3/b9-5-,10-6-. The minimum Gasteiger partial charge on any atom is -0.349 e. The minimum atomic E-state index is -0.494. The first-order valence-electron chi connectivity index (χ1n) is 5.69. The maximum atomic E-state index is 10.8. The molecule has 0 amide bonds. The topological polar surface area (TPSA) is 69.2 Å². The highest BCUT2D eigenvalue weighted by molar-refractivity contribution is 5.60. The fraction of sp³-hybridized carbons (Fsp3) is 0.0714. The molecule has 96 valence electrons. The Morgan fingerprint density at radius 2 is 1.89 bits per heavy atom. The Bertz CT molecular complexity index is 627. The van der Waals surface area contributed by atoms with Crippen molar-refractivity contribution in [1.82, 2.24) is 5.16 Å². The Morgan fingerprint density at radius 1 is 1.21 bits per heavy atom. The summed E-state index contributed by atoms with van der Waals surface area (Å²) in [6.45, 7) is 1.54. The Balaban J connectivity index is 2.12. The molecular formula is C14H12N2O3. The van der Waals surface area contributed by atoms with Crippen molar-refractivity contribution in [2.75, 3.05) is 0 Å². The van der Waals surface area contributed by atoms with Crippen LogP contribution in [0.3, 0.4) is 0 Å². The summed E-state index contributed by atoms with van der Waals surface area (Å²) in [5, 5.41) is 14.4. The smallest absolute Gasteiger partial charge is 0.338 e. The van der Waals surface area contributed by atoms with Gasteiger partial charge in [0.15, 0.2) is 5.69 Å². The number of nitrogens with zero attached hydrogens (tertiary/aromatic N) is 2. The zero-order chi connectivity index (χ0) is 13.7. The van der Waals surface area contributed by atoms with E-state index < -0.39 is 4.92 Å². The number of rotatable bonds is 4. The van der Waals surface area contributed by atoms with Crippen LogP contribution in [0.1, 0.15) is 17.0 Å². The van der Waals surface area contributed by atoms with Gasteiger partial charge in [-0.25, -0.2) is 0 Å². The first-order valence-corrected chi connectivity index (χ1v) is 5.69. The predicted octanol–water partition coefficient (Wildman–Crippen LogP) is 3.62. The molecule has 0 aliphatic rings. The van der Waals surface area contributed by atoms with Crippen molar-refractivity contribution in [1.29, 1.82) is 0 Å². The third-order valence-electron chi connectivity index (χ3n) is 2.49. The van der Waals surface area contributed by atoms with Gasteiger partial charge in [-0.15, -0.1) is 0 Å². The van der Waals surface area contributed by atoms with Gasteiger partial charge < -0.3 is 4.52 Å². The summed E-state index contributed by atoms with van der Waals surface area (Å²) in [5.41, 5.74) is 1.23. The van der Waals surface area contributed by atoms with Gasteiger partial charge >= 0.3 is 5.69 Å². The fourth-order valence-corrected chi connectivity index (χ4v) is 1.59. The van der Waals surface area contributed by atoms with Crippen LogP contribution in [-0.2, 0) is 0 Å². The first kappa shape index (κ1) is 12.8. The lowest BCUT2D eigenvalue weighted by molar-refractivity contribution is -0.386. The van der Waals surface area contributed by atoms with E-state index >= 15 is 0 Å². The van der Waals surface area contributed by atoms with Gasteiger partial charge in [-0.1, -0.05) is 53.7 Å². The average molecular weight is 256 g/mol. The molecule has 0 aliphatic carbocycles. The number of nitro groups is 1. The maximum absolute atomic E-state index is 10.8. The van der Waals surface area contributed by atoms with Crippen molar-refractivity contribution >= 4 is 17.8 Å². The van der Waals surface area contributed by atoms with Crippen LogP contribution in [0.2, 0.25) is 0 Å². The molecule has 0 fully saturated rings. The van der Waals surface area contributed by atoms with Crippen LogP contribution in [0.25, 0.3) is 12.2 Å². The van der Waals surface area contributed by atoms with Gasteiger partial charge in [-0.05, 0) is 18.6 Å². The number of hydrogen-bond donors (Lipinski definition) is 0. The lowest BCUT2D eigenvalue weighted by Gasteiger charge is -1.88. The van der Waals surface area contributed by atoms with E-state index in [9.17, 15) is 10.1 Å². The summed E-state index contributed by atoms with van der Waals surface area (Å²) >= 11 is 0. The molecule has 0 unspecified atom stereocenters. The molecule has 0 saturated carbocycles. The van der Waals surface area contributed by atoms with Crippen LogP contribution in [0.4, 0.5) is 5.69 Å². The molecule has 0 bridgehead atoms. The summed E-state index contributed by atoms with van der Waals surface area (Å²) in [7, 11) is 0. The molecule has 0 aliphatic heterocycles. The second kappa shape index (κ2) is 5.77. The highest BCUT2D eigenvalue weighted by Gasteiger charge is 2.21. The van der Waals surface area contributed by atoms with Gasteiger partial charge in [-0.2, -0.15) is 0 Å². The van der Waals surface area contributed by atoms with Crippen molar-refractivity contribution < 1.29 is 9.45 Å². The molecule has 0 saturated heterocycles. The molecule has 0 atom stereocenters. The molecule has 2 rings (SSSR count). The molecule has 0 spiro atoms. The monoisotopic (exact) mass is 256 g/mol. The average Bonchev–Trinajstić information content (AvgIpc) is 2.77. The van der Waals surface area contributed by atoms with Gasteiger partial charge in [0.05, 0.1) is 4.92 Å². The van der Waals surface area contributed by atoms with Crippen molar-refractivity contribution in [2.24, 2.45) is 0 Å². The van der Waals surface area contributed by atoms with E-state index in [1.54, 1.807) is 19.1 Å². The van der Waals surface area contributed by atoms with Crippen molar-refractivity contribution in [3.05, 3.63) is 69.6 Å². The van der Waals surface area contributed by atoms with Gasteiger partial charge in [0, 0.05) is 0 Å². The van der Waals surface area contributed by atoms with Crippen LogP contribution in [0.5, 0.6) is 0 Å². The molecule has 5 nitrogen and oxygen atoms in total. The van der Waals surface area contributed by atoms with Crippen LogP contribution < -0.4 is 0 Å². The number of allylic oxidation sites excluding steroid dienone is 2. The zero-order valence-electron chi connectivity index (χ0n) is 10.3. The van der Waals surface area contributed by atoms with E-state index in [2.05, 4.69) is 5.16 Å². The molecule has 19 heavy (non-hydrogen) atoms. The second-order valence-electron chi connectivity index (χ2n) is 3.87. The normalized spacial score (nSPS) is 11.4. The fourth-order valence-electron chi connectivity index (χ4n) is 1.59. The van der Waals surface area contributed by atoms with Gasteiger partial charge in [0.25, 0.3) is 0 Å². The van der Waals surface area contributed by atoms with E-state index in [-0.39, 0.29) is 17.1 Å². The molecule has 2 aromatic rings. The Labute approximate surface area is 110 Å². The molecule has 0 N–H and O–H groups in total. The Hall–Kier alpha value is -2.69. The van der Waals surface area contributed by atoms with Gasteiger partial charge in [-0.3, -0.25) is 10.1 Å². The quantitative estimate of drug-likeness (QED) is 0.476. The number of hydrogen-bond acceptors (Lipinski definition) is 4. The first-order chi connectivity index (χ1) is 9.18.